The fourth-order valence-corrected chi connectivity index (χ4v) is 1.92. The Kier molecular flexibility index (Phi) is 3.11. The van der Waals surface area contributed by atoms with Gasteiger partial charge in [-0.15, -0.1) is 0 Å². The molecule has 0 saturated heterocycles. The van der Waals surface area contributed by atoms with Gasteiger partial charge in [-0.1, -0.05) is 35.9 Å². The van der Waals surface area contributed by atoms with Gasteiger partial charge in [0.2, 0.25) is 0 Å². The largest absolute Gasteiger partial charge is 0.510 e. The highest BCUT2D eigenvalue weighted by atomic mass is 35.5. The molecule has 0 aliphatic heterocycles. The van der Waals surface area contributed by atoms with Crippen LogP contribution in [0.5, 0.6) is 0 Å². The summed E-state index contributed by atoms with van der Waals surface area (Å²) in [5, 5.41) is 0. The van der Waals surface area contributed by atoms with E-state index in [-0.39, 0.29) is 12.2 Å². The van der Waals surface area contributed by atoms with Crippen molar-refractivity contribution in [1.29, 1.82) is 0 Å². The molecule has 0 fully saturated rings. The molecule has 0 heterocycles. The number of benzene rings is 1. The van der Waals surface area contributed by atoms with Crippen LogP contribution in [0.2, 0.25) is 0 Å². The molecule has 0 amide bonds. The molecule has 0 radical (unpaired) electrons. The van der Waals surface area contributed by atoms with Crippen LogP contribution in [0.4, 0.5) is 4.79 Å². The number of aryl methyl sites for hydroxylation is 1. The topological polar surface area (TPSA) is 35.5 Å². The Morgan fingerprint density at radius 2 is 2.27 bits per heavy atom. The summed E-state index contributed by atoms with van der Waals surface area (Å²) in [6.07, 6.45) is 0.870. The average Bonchev–Trinajstić information content (AvgIpc) is 2.62. The van der Waals surface area contributed by atoms with E-state index < -0.39 is 6.16 Å². The third-order valence-corrected chi connectivity index (χ3v) is 2.60. The van der Waals surface area contributed by atoms with Crippen molar-refractivity contribution < 1.29 is 14.3 Å². The Morgan fingerprint density at radius 1 is 1.47 bits per heavy atom. The van der Waals surface area contributed by atoms with Gasteiger partial charge in [0.25, 0.3) is 0 Å². The monoisotopic (exact) mass is 226 g/mol. The van der Waals surface area contributed by atoms with Gasteiger partial charge in [-0.25, -0.2) is 4.79 Å². The molecule has 1 aromatic rings. The van der Waals surface area contributed by atoms with Gasteiger partial charge in [0.05, 0.1) is 0 Å². The molecule has 1 unspecified atom stereocenters. The molecule has 1 aromatic carbocycles. The van der Waals surface area contributed by atoms with Gasteiger partial charge in [-0.05, 0) is 24.0 Å². The van der Waals surface area contributed by atoms with Crippen LogP contribution in [0, 0.1) is 0 Å². The first-order valence-corrected chi connectivity index (χ1v) is 5.32. The van der Waals surface area contributed by atoms with Crippen molar-refractivity contribution in [3.05, 3.63) is 35.4 Å². The standard InChI is InChI=1S/C11H11ClO3/c12-7-14-11(13)15-10-6-5-8-3-1-2-4-9(8)10/h1-4,10H,5-7H2. The Balaban J connectivity index is 2.04. The lowest BCUT2D eigenvalue weighted by atomic mass is 10.1. The lowest BCUT2D eigenvalue weighted by molar-refractivity contribution is 0.0330. The summed E-state index contributed by atoms with van der Waals surface area (Å²) in [7, 11) is 0. The molecule has 80 valence electrons. The lowest BCUT2D eigenvalue weighted by Gasteiger charge is -2.11. The Morgan fingerprint density at radius 3 is 3.07 bits per heavy atom. The number of carbonyl (C=O) groups is 1. The van der Waals surface area contributed by atoms with E-state index in [1.165, 1.54) is 5.56 Å². The van der Waals surface area contributed by atoms with Gasteiger partial charge in [-0.3, -0.25) is 0 Å². The number of carbonyl (C=O) groups excluding carboxylic acids is 1. The highest BCUT2D eigenvalue weighted by Crippen LogP contribution is 2.33. The third-order valence-electron chi connectivity index (χ3n) is 2.49. The van der Waals surface area contributed by atoms with Crippen LogP contribution in [0.25, 0.3) is 0 Å². The number of ether oxygens (including phenoxy) is 2. The smallest absolute Gasteiger partial charge is 0.426 e. The second-order valence-corrected chi connectivity index (χ2v) is 3.57. The zero-order chi connectivity index (χ0) is 10.7. The van der Waals surface area contributed by atoms with Crippen molar-refractivity contribution in [3.8, 4) is 0 Å². The molecule has 4 heteroatoms. The fourth-order valence-electron chi connectivity index (χ4n) is 1.84. The Labute approximate surface area is 92.9 Å². The number of hydrogen-bond acceptors (Lipinski definition) is 3. The van der Waals surface area contributed by atoms with Crippen LogP contribution in [0.15, 0.2) is 24.3 Å². The van der Waals surface area contributed by atoms with E-state index in [9.17, 15) is 4.79 Å². The van der Waals surface area contributed by atoms with Crippen molar-refractivity contribution in [2.75, 3.05) is 6.07 Å². The van der Waals surface area contributed by atoms with E-state index in [0.29, 0.717) is 0 Å². The SMILES string of the molecule is O=C(OCCl)OC1CCc2ccccc21. The van der Waals surface area contributed by atoms with Crippen molar-refractivity contribution in [1.82, 2.24) is 0 Å². The highest BCUT2D eigenvalue weighted by Gasteiger charge is 2.25. The van der Waals surface area contributed by atoms with E-state index in [4.69, 9.17) is 16.3 Å². The Hall–Kier alpha value is -1.22. The molecule has 0 N–H and O–H groups in total. The van der Waals surface area contributed by atoms with Crippen LogP contribution in [0.3, 0.4) is 0 Å². The van der Waals surface area contributed by atoms with Crippen molar-refractivity contribution in [3.63, 3.8) is 0 Å². The summed E-state index contributed by atoms with van der Waals surface area (Å²) in [4.78, 5) is 11.1. The predicted molar refractivity (Wildman–Crippen MR) is 55.8 cm³/mol. The minimum absolute atomic E-state index is 0.173. The second-order valence-electron chi connectivity index (χ2n) is 3.35. The normalized spacial score (nSPS) is 18.3. The summed E-state index contributed by atoms with van der Waals surface area (Å²) in [6, 6.07) is 7.77. The average molecular weight is 227 g/mol. The molecule has 0 aromatic heterocycles. The van der Waals surface area contributed by atoms with Gasteiger partial charge < -0.3 is 9.47 Å². The minimum atomic E-state index is -0.702. The first-order valence-electron chi connectivity index (χ1n) is 4.78. The van der Waals surface area contributed by atoms with Gasteiger partial charge in [0.1, 0.15) is 6.10 Å². The van der Waals surface area contributed by atoms with Gasteiger partial charge in [-0.2, -0.15) is 0 Å². The second kappa shape index (κ2) is 4.53. The maximum absolute atomic E-state index is 11.1. The predicted octanol–water partition coefficient (Wildman–Crippen LogP) is 3.02. The molecule has 1 aliphatic carbocycles. The molecule has 0 bridgehead atoms. The summed E-state index contributed by atoms with van der Waals surface area (Å²) in [5.41, 5.74) is 2.31. The van der Waals surface area contributed by atoms with E-state index in [1.54, 1.807) is 0 Å². The summed E-state index contributed by atoms with van der Waals surface area (Å²) < 4.78 is 9.66. The molecule has 1 atom stereocenters. The molecule has 0 spiro atoms. The number of fused-ring (bicyclic) bond motifs is 1. The maximum Gasteiger partial charge on any atom is 0.510 e. The number of hydrogen-bond donors (Lipinski definition) is 0. The van der Waals surface area contributed by atoms with Crippen molar-refractivity contribution >= 4 is 17.8 Å². The number of halogens is 1. The maximum atomic E-state index is 11.1. The zero-order valence-corrected chi connectivity index (χ0v) is 8.87. The van der Waals surface area contributed by atoms with E-state index in [2.05, 4.69) is 4.74 Å². The summed E-state index contributed by atoms with van der Waals surface area (Å²) in [5.74, 6) is 0. The molecule has 0 saturated carbocycles. The van der Waals surface area contributed by atoms with Crippen LogP contribution in [-0.2, 0) is 15.9 Å². The van der Waals surface area contributed by atoms with Crippen LogP contribution < -0.4 is 0 Å². The number of alkyl halides is 1. The van der Waals surface area contributed by atoms with E-state index in [0.717, 1.165) is 18.4 Å². The minimum Gasteiger partial charge on any atom is -0.426 e. The first kappa shape index (κ1) is 10.3. The highest BCUT2D eigenvalue weighted by molar-refractivity contribution is 6.17. The van der Waals surface area contributed by atoms with Crippen molar-refractivity contribution in [2.24, 2.45) is 0 Å². The first-order chi connectivity index (χ1) is 7.31. The number of rotatable bonds is 2. The van der Waals surface area contributed by atoms with Crippen LogP contribution >= 0.6 is 11.6 Å². The van der Waals surface area contributed by atoms with E-state index >= 15 is 0 Å². The van der Waals surface area contributed by atoms with Crippen LogP contribution in [-0.4, -0.2) is 12.2 Å². The molecule has 15 heavy (non-hydrogen) atoms. The van der Waals surface area contributed by atoms with Gasteiger partial charge in [0.15, 0.2) is 6.07 Å². The summed E-state index contributed by atoms with van der Waals surface area (Å²) in [6.45, 7) is 0. The lowest BCUT2D eigenvalue weighted by Crippen LogP contribution is -2.10. The Bertz CT molecular complexity index is 365. The molecule has 1 aliphatic rings. The molecular weight excluding hydrogens is 216 g/mol. The quantitative estimate of drug-likeness (QED) is 0.574. The van der Waals surface area contributed by atoms with Crippen LogP contribution in [0.1, 0.15) is 23.7 Å². The van der Waals surface area contributed by atoms with E-state index in [1.807, 2.05) is 24.3 Å². The van der Waals surface area contributed by atoms with Gasteiger partial charge >= 0.3 is 6.16 Å². The van der Waals surface area contributed by atoms with Gasteiger partial charge in [0, 0.05) is 0 Å². The molecule has 3 nitrogen and oxygen atoms in total. The summed E-state index contributed by atoms with van der Waals surface area (Å²) >= 11 is 5.26. The third kappa shape index (κ3) is 2.23. The zero-order valence-electron chi connectivity index (χ0n) is 8.11. The molecule has 2 rings (SSSR count). The fraction of sp³-hybridized carbons (Fsp3) is 0.364. The molecular formula is C11H11ClO3. The van der Waals surface area contributed by atoms with Crippen molar-refractivity contribution in [2.45, 2.75) is 18.9 Å².